The maximum atomic E-state index is 10.3. The molecule has 0 aliphatic heterocycles. The zero-order chi connectivity index (χ0) is 14.2. The Labute approximate surface area is 119 Å². The summed E-state index contributed by atoms with van der Waals surface area (Å²) in [4.78, 5) is 10.3. The molecule has 0 unspecified atom stereocenters. The second-order valence-electron chi connectivity index (χ2n) is 5.43. The minimum atomic E-state index is -0.660. The van der Waals surface area contributed by atoms with Crippen molar-refractivity contribution in [1.29, 1.82) is 0 Å². The topological polar surface area (TPSA) is 49.3 Å². The molecule has 0 bridgehead atoms. The number of unbranched alkanes of at least 4 members (excludes halogenated alkanes) is 9. The van der Waals surface area contributed by atoms with Crippen LogP contribution in [0.4, 0.5) is 0 Å². The minimum absolute atomic E-state index is 0.338. The number of aliphatic carboxylic acids is 1. The van der Waals surface area contributed by atoms with Crippen LogP contribution in [0.3, 0.4) is 0 Å². The van der Waals surface area contributed by atoms with E-state index < -0.39 is 5.97 Å². The fourth-order valence-electron chi connectivity index (χ4n) is 2.19. The van der Waals surface area contributed by atoms with Crippen molar-refractivity contribution in [3.8, 4) is 0 Å². The van der Waals surface area contributed by atoms with Crippen LogP contribution in [-0.2, 0) is 4.79 Å². The number of hydrogen-bond donors (Lipinski definition) is 2. The van der Waals surface area contributed by atoms with Crippen LogP contribution in [-0.4, -0.2) is 24.2 Å². The molecular formula is C16H33NO2. The van der Waals surface area contributed by atoms with Gasteiger partial charge in [-0.1, -0.05) is 58.3 Å². The molecule has 0 amide bonds. The third-order valence-corrected chi connectivity index (χ3v) is 3.45. The zero-order valence-electron chi connectivity index (χ0n) is 12.8. The number of carbonyl (C=O) groups is 1. The molecule has 0 saturated carbocycles. The van der Waals surface area contributed by atoms with E-state index >= 15 is 0 Å². The van der Waals surface area contributed by atoms with E-state index in [1.807, 2.05) is 0 Å². The Balaban J connectivity index is 2.93. The van der Waals surface area contributed by atoms with Crippen LogP contribution in [0.5, 0.6) is 0 Å². The lowest BCUT2D eigenvalue weighted by Gasteiger charge is -2.04. The number of carboxylic acids is 1. The third-order valence-electron chi connectivity index (χ3n) is 3.45. The summed E-state index contributed by atoms with van der Waals surface area (Å²) in [5.41, 5.74) is 0. The van der Waals surface area contributed by atoms with E-state index in [1.165, 1.54) is 70.9 Å². The summed E-state index contributed by atoms with van der Waals surface area (Å²) in [5.74, 6) is -0.660. The Morgan fingerprint density at radius 2 is 1.26 bits per heavy atom. The first-order valence-corrected chi connectivity index (χ1v) is 8.20. The van der Waals surface area contributed by atoms with Crippen LogP contribution >= 0.6 is 0 Å². The van der Waals surface area contributed by atoms with Gasteiger partial charge in [0, 0.05) is 6.42 Å². The van der Waals surface area contributed by atoms with Crippen LogP contribution in [0.1, 0.15) is 84.0 Å². The van der Waals surface area contributed by atoms with Gasteiger partial charge < -0.3 is 10.4 Å². The molecule has 0 aromatic carbocycles. The fourth-order valence-corrected chi connectivity index (χ4v) is 2.19. The largest absolute Gasteiger partial charge is 0.481 e. The maximum absolute atomic E-state index is 10.3. The van der Waals surface area contributed by atoms with Crippen LogP contribution < -0.4 is 5.32 Å². The molecule has 0 atom stereocenters. The molecule has 0 aliphatic carbocycles. The summed E-state index contributed by atoms with van der Waals surface area (Å²) in [6.45, 7) is 4.57. The van der Waals surface area contributed by atoms with Gasteiger partial charge in [0.1, 0.15) is 0 Å². The molecule has 0 rings (SSSR count). The Kier molecular flexibility index (Phi) is 15.0. The van der Waals surface area contributed by atoms with Gasteiger partial charge in [0.2, 0.25) is 0 Å². The minimum Gasteiger partial charge on any atom is -0.481 e. The van der Waals surface area contributed by atoms with Crippen molar-refractivity contribution in [2.24, 2.45) is 0 Å². The lowest BCUT2D eigenvalue weighted by atomic mass is 10.1. The van der Waals surface area contributed by atoms with Gasteiger partial charge in [-0.2, -0.15) is 0 Å². The number of hydrogen-bond acceptors (Lipinski definition) is 2. The summed E-state index contributed by atoms with van der Waals surface area (Å²) < 4.78 is 0. The summed E-state index contributed by atoms with van der Waals surface area (Å²) in [6.07, 6.45) is 14.0. The molecule has 0 aromatic heterocycles. The molecule has 19 heavy (non-hydrogen) atoms. The van der Waals surface area contributed by atoms with E-state index in [1.54, 1.807) is 0 Å². The Hall–Kier alpha value is -0.570. The molecule has 3 heteroatoms. The first-order chi connectivity index (χ1) is 9.27. The Morgan fingerprint density at radius 1 is 0.789 bits per heavy atom. The number of nitrogens with one attached hydrogen (secondary N) is 1. The van der Waals surface area contributed by atoms with E-state index in [4.69, 9.17) is 5.11 Å². The molecule has 0 fully saturated rings. The van der Waals surface area contributed by atoms with Crippen molar-refractivity contribution in [2.45, 2.75) is 84.0 Å². The first kappa shape index (κ1) is 18.4. The van der Waals surface area contributed by atoms with Crippen molar-refractivity contribution in [3.05, 3.63) is 0 Å². The summed E-state index contributed by atoms with van der Waals surface area (Å²) >= 11 is 0. The summed E-state index contributed by atoms with van der Waals surface area (Å²) in [5, 5.41) is 12.0. The molecule has 0 aromatic rings. The smallest absolute Gasteiger partial charge is 0.303 e. The molecule has 3 nitrogen and oxygen atoms in total. The van der Waals surface area contributed by atoms with Gasteiger partial charge in [0.15, 0.2) is 0 Å². The molecule has 0 heterocycles. The van der Waals surface area contributed by atoms with Crippen molar-refractivity contribution in [2.75, 3.05) is 13.1 Å². The SMILES string of the molecule is CCCCNCCCCCCCCCCCC(=O)O. The van der Waals surface area contributed by atoms with Gasteiger partial charge >= 0.3 is 5.97 Å². The van der Waals surface area contributed by atoms with Gasteiger partial charge in [0.05, 0.1) is 0 Å². The molecule has 0 saturated heterocycles. The molecule has 0 aliphatic rings. The van der Waals surface area contributed by atoms with Crippen LogP contribution in [0.15, 0.2) is 0 Å². The number of rotatable bonds is 15. The molecule has 0 spiro atoms. The number of carboxylic acid groups (broad SMARTS) is 1. The lowest BCUT2D eigenvalue weighted by molar-refractivity contribution is -0.137. The van der Waals surface area contributed by atoms with Gasteiger partial charge in [-0.3, -0.25) is 4.79 Å². The fraction of sp³-hybridized carbons (Fsp3) is 0.938. The summed E-state index contributed by atoms with van der Waals surface area (Å²) in [6, 6.07) is 0. The Morgan fingerprint density at radius 3 is 1.79 bits per heavy atom. The maximum Gasteiger partial charge on any atom is 0.303 e. The van der Waals surface area contributed by atoms with Gasteiger partial charge in [-0.25, -0.2) is 0 Å². The van der Waals surface area contributed by atoms with Crippen LogP contribution in [0.2, 0.25) is 0 Å². The highest BCUT2D eigenvalue weighted by molar-refractivity contribution is 5.66. The van der Waals surface area contributed by atoms with E-state index in [0.717, 1.165) is 12.8 Å². The standard InChI is InChI=1S/C16H33NO2/c1-2-3-14-17-15-12-10-8-6-4-5-7-9-11-13-16(18)19/h17H,2-15H2,1H3,(H,18,19). The molecule has 114 valence electrons. The summed E-state index contributed by atoms with van der Waals surface area (Å²) in [7, 11) is 0. The van der Waals surface area contributed by atoms with Crippen molar-refractivity contribution >= 4 is 5.97 Å². The van der Waals surface area contributed by atoms with E-state index in [2.05, 4.69) is 12.2 Å². The van der Waals surface area contributed by atoms with Gasteiger partial charge in [-0.05, 0) is 32.4 Å². The second-order valence-corrected chi connectivity index (χ2v) is 5.43. The molecule has 2 N–H and O–H groups in total. The van der Waals surface area contributed by atoms with Crippen LogP contribution in [0.25, 0.3) is 0 Å². The quantitative estimate of drug-likeness (QED) is 0.435. The van der Waals surface area contributed by atoms with Crippen molar-refractivity contribution in [3.63, 3.8) is 0 Å². The average molecular weight is 271 g/mol. The first-order valence-electron chi connectivity index (χ1n) is 8.20. The van der Waals surface area contributed by atoms with Crippen molar-refractivity contribution in [1.82, 2.24) is 5.32 Å². The Bertz CT molecular complexity index is 195. The van der Waals surface area contributed by atoms with Crippen molar-refractivity contribution < 1.29 is 9.90 Å². The van der Waals surface area contributed by atoms with Gasteiger partial charge in [0.25, 0.3) is 0 Å². The monoisotopic (exact) mass is 271 g/mol. The highest BCUT2D eigenvalue weighted by Crippen LogP contribution is 2.10. The molecule has 0 radical (unpaired) electrons. The highest BCUT2D eigenvalue weighted by atomic mass is 16.4. The third kappa shape index (κ3) is 17.4. The second kappa shape index (κ2) is 15.5. The van der Waals surface area contributed by atoms with E-state index in [9.17, 15) is 4.79 Å². The van der Waals surface area contributed by atoms with Gasteiger partial charge in [-0.15, -0.1) is 0 Å². The predicted octanol–water partition coefficient (Wildman–Crippen LogP) is 4.36. The predicted molar refractivity (Wildman–Crippen MR) is 81.6 cm³/mol. The van der Waals surface area contributed by atoms with E-state index in [-0.39, 0.29) is 0 Å². The lowest BCUT2D eigenvalue weighted by Crippen LogP contribution is -2.16. The molecular weight excluding hydrogens is 238 g/mol. The average Bonchev–Trinajstić information content (AvgIpc) is 2.39. The zero-order valence-corrected chi connectivity index (χ0v) is 12.8. The normalized spacial score (nSPS) is 10.8. The van der Waals surface area contributed by atoms with E-state index in [0.29, 0.717) is 6.42 Å². The highest BCUT2D eigenvalue weighted by Gasteiger charge is 1.96. The van der Waals surface area contributed by atoms with Crippen LogP contribution in [0, 0.1) is 0 Å².